The average Bonchev–Trinajstić information content (AvgIpc) is 2.38. The predicted octanol–water partition coefficient (Wildman–Crippen LogP) is 3.61. The van der Waals surface area contributed by atoms with Crippen LogP contribution >= 0.6 is 12.4 Å². The first-order chi connectivity index (χ1) is 8.27. The quantitative estimate of drug-likeness (QED) is 0.902. The van der Waals surface area contributed by atoms with Crippen LogP contribution in [-0.2, 0) is 0 Å². The van der Waals surface area contributed by atoms with Crippen LogP contribution in [0.4, 0.5) is 0 Å². The summed E-state index contributed by atoms with van der Waals surface area (Å²) in [6.45, 7) is 7.57. The van der Waals surface area contributed by atoms with Crippen LogP contribution in [0.15, 0.2) is 24.3 Å². The van der Waals surface area contributed by atoms with Crippen LogP contribution in [-0.4, -0.2) is 19.7 Å². The number of hydrogen-bond donors (Lipinski definition) is 1. The maximum atomic E-state index is 6.01. The molecule has 1 fully saturated rings. The summed E-state index contributed by atoms with van der Waals surface area (Å²) in [4.78, 5) is 0. The van der Waals surface area contributed by atoms with Crippen molar-refractivity contribution in [3.8, 4) is 5.75 Å². The molecule has 0 aromatic heterocycles. The standard InChI is InChI=1S/C15H23NO.ClH/c1-12(2)14-5-3-4-6-15(14)17-11-13-7-9-16-10-8-13;/h3-6,12-13,16H,7-11H2,1-2H3;1H. The van der Waals surface area contributed by atoms with E-state index < -0.39 is 0 Å². The number of piperidine rings is 1. The lowest BCUT2D eigenvalue weighted by Crippen LogP contribution is -2.30. The molecular weight excluding hydrogens is 246 g/mol. The van der Waals surface area contributed by atoms with Gasteiger partial charge in [-0.05, 0) is 49.4 Å². The molecule has 2 rings (SSSR count). The van der Waals surface area contributed by atoms with E-state index >= 15 is 0 Å². The molecule has 0 saturated carbocycles. The topological polar surface area (TPSA) is 21.3 Å². The molecule has 2 nitrogen and oxygen atoms in total. The molecule has 102 valence electrons. The fourth-order valence-corrected chi connectivity index (χ4v) is 2.34. The summed E-state index contributed by atoms with van der Waals surface area (Å²) in [5, 5.41) is 3.39. The zero-order valence-electron chi connectivity index (χ0n) is 11.3. The van der Waals surface area contributed by atoms with Crippen LogP contribution in [0.5, 0.6) is 5.75 Å². The average molecular weight is 270 g/mol. The minimum atomic E-state index is 0. The van der Waals surface area contributed by atoms with Crippen LogP contribution in [0.1, 0.15) is 38.2 Å². The second-order valence-corrected chi connectivity index (χ2v) is 5.20. The first-order valence-corrected chi connectivity index (χ1v) is 6.70. The predicted molar refractivity (Wildman–Crippen MR) is 78.9 cm³/mol. The van der Waals surface area contributed by atoms with Gasteiger partial charge in [-0.2, -0.15) is 0 Å². The molecule has 0 atom stereocenters. The molecule has 1 N–H and O–H groups in total. The Morgan fingerprint density at radius 1 is 1.22 bits per heavy atom. The van der Waals surface area contributed by atoms with Crippen LogP contribution in [0.2, 0.25) is 0 Å². The van der Waals surface area contributed by atoms with E-state index in [4.69, 9.17) is 4.74 Å². The van der Waals surface area contributed by atoms with Crippen molar-refractivity contribution in [3.63, 3.8) is 0 Å². The molecular formula is C15H24ClNO. The molecule has 1 aromatic rings. The number of hydrogen-bond acceptors (Lipinski definition) is 2. The highest BCUT2D eigenvalue weighted by molar-refractivity contribution is 5.85. The Balaban J connectivity index is 0.00000162. The molecule has 1 aliphatic heterocycles. The van der Waals surface area contributed by atoms with Crippen LogP contribution in [0.25, 0.3) is 0 Å². The van der Waals surface area contributed by atoms with E-state index in [1.807, 2.05) is 0 Å². The number of ether oxygens (including phenoxy) is 1. The Morgan fingerprint density at radius 3 is 2.56 bits per heavy atom. The lowest BCUT2D eigenvalue weighted by atomic mass is 9.99. The van der Waals surface area contributed by atoms with E-state index in [-0.39, 0.29) is 12.4 Å². The van der Waals surface area contributed by atoms with Crippen LogP contribution in [0, 0.1) is 5.92 Å². The molecule has 0 amide bonds. The summed E-state index contributed by atoms with van der Waals surface area (Å²) in [6, 6.07) is 8.41. The molecule has 1 aromatic carbocycles. The molecule has 0 unspecified atom stereocenters. The summed E-state index contributed by atoms with van der Waals surface area (Å²) in [5.74, 6) is 2.32. The van der Waals surface area contributed by atoms with Gasteiger partial charge in [0, 0.05) is 0 Å². The Kier molecular flexibility index (Phi) is 6.51. The molecule has 0 aliphatic carbocycles. The summed E-state index contributed by atoms with van der Waals surface area (Å²) in [6.07, 6.45) is 2.48. The van der Waals surface area contributed by atoms with Crippen LogP contribution in [0.3, 0.4) is 0 Å². The number of rotatable bonds is 4. The second-order valence-electron chi connectivity index (χ2n) is 5.20. The monoisotopic (exact) mass is 269 g/mol. The molecule has 0 bridgehead atoms. The third-order valence-electron chi connectivity index (χ3n) is 3.47. The zero-order valence-corrected chi connectivity index (χ0v) is 12.1. The van der Waals surface area contributed by atoms with Gasteiger partial charge in [0.25, 0.3) is 0 Å². The number of benzene rings is 1. The first kappa shape index (κ1) is 15.3. The highest BCUT2D eigenvalue weighted by atomic mass is 35.5. The fraction of sp³-hybridized carbons (Fsp3) is 0.600. The number of para-hydroxylation sites is 1. The van der Waals surface area contributed by atoms with Gasteiger partial charge in [0.2, 0.25) is 0 Å². The van der Waals surface area contributed by atoms with Gasteiger partial charge < -0.3 is 10.1 Å². The van der Waals surface area contributed by atoms with Crippen molar-refractivity contribution in [2.75, 3.05) is 19.7 Å². The van der Waals surface area contributed by atoms with Crippen molar-refractivity contribution in [1.29, 1.82) is 0 Å². The molecule has 0 spiro atoms. The molecule has 3 heteroatoms. The SMILES string of the molecule is CC(C)c1ccccc1OCC1CCNCC1.Cl. The molecule has 18 heavy (non-hydrogen) atoms. The van der Waals surface area contributed by atoms with Crippen molar-refractivity contribution >= 4 is 12.4 Å². The van der Waals surface area contributed by atoms with Crippen molar-refractivity contribution in [1.82, 2.24) is 5.32 Å². The van der Waals surface area contributed by atoms with E-state index in [2.05, 4.69) is 43.4 Å². The van der Waals surface area contributed by atoms with E-state index in [1.165, 1.54) is 18.4 Å². The highest BCUT2D eigenvalue weighted by Gasteiger charge is 2.14. The van der Waals surface area contributed by atoms with E-state index in [0.29, 0.717) is 5.92 Å². The summed E-state index contributed by atoms with van der Waals surface area (Å²) < 4.78 is 6.01. The highest BCUT2D eigenvalue weighted by Crippen LogP contribution is 2.26. The van der Waals surface area contributed by atoms with Gasteiger partial charge in [-0.3, -0.25) is 0 Å². The Bertz CT molecular complexity index is 348. The fourth-order valence-electron chi connectivity index (χ4n) is 2.34. The zero-order chi connectivity index (χ0) is 12.1. The van der Waals surface area contributed by atoms with Crippen LogP contribution < -0.4 is 10.1 Å². The normalized spacial score (nSPS) is 16.4. The van der Waals surface area contributed by atoms with E-state index in [9.17, 15) is 0 Å². The van der Waals surface area contributed by atoms with Gasteiger partial charge in [-0.25, -0.2) is 0 Å². The number of halogens is 1. The summed E-state index contributed by atoms with van der Waals surface area (Å²) in [5.41, 5.74) is 1.32. The molecule has 1 saturated heterocycles. The maximum Gasteiger partial charge on any atom is 0.122 e. The van der Waals surface area contributed by atoms with Gasteiger partial charge in [0.05, 0.1) is 6.61 Å². The van der Waals surface area contributed by atoms with Crippen molar-refractivity contribution in [3.05, 3.63) is 29.8 Å². The lowest BCUT2D eigenvalue weighted by Gasteiger charge is -2.23. The van der Waals surface area contributed by atoms with Crippen molar-refractivity contribution in [2.24, 2.45) is 5.92 Å². The Labute approximate surface area is 117 Å². The summed E-state index contributed by atoms with van der Waals surface area (Å²) in [7, 11) is 0. The Hall–Kier alpha value is -0.730. The van der Waals surface area contributed by atoms with Gasteiger partial charge in [-0.15, -0.1) is 12.4 Å². The van der Waals surface area contributed by atoms with Gasteiger partial charge >= 0.3 is 0 Å². The van der Waals surface area contributed by atoms with E-state index in [1.54, 1.807) is 0 Å². The largest absolute Gasteiger partial charge is 0.493 e. The van der Waals surface area contributed by atoms with E-state index in [0.717, 1.165) is 31.4 Å². The lowest BCUT2D eigenvalue weighted by molar-refractivity contribution is 0.213. The first-order valence-electron chi connectivity index (χ1n) is 6.70. The molecule has 1 heterocycles. The van der Waals surface area contributed by atoms with Crippen molar-refractivity contribution in [2.45, 2.75) is 32.6 Å². The second kappa shape index (κ2) is 7.65. The third-order valence-corrected chi connectivity index (χ3v) is 3.47. The van der Waals surface area contributed by atoms with Crippen molar-refractivity contribution < 1.29 is 4.74 Å². The maximum absolute atomic E-state index is 6.01. The minimum Gasteiger partial charge on any atom is -0.493 e. The van der Waals surface area contributed by atoms with Gasteiger partial charge in [0.15, 0.2) is 0 Å². The molecule has 1 aliphatic rings. The summed E-state index contributed by atoms with van der Waals surface area (Å²) >= 11 is 0. The smallest absolute Gasteiger partial charge is 0.122 e. The molecule has 0 radical (unpaired) electrons. The minimum absolute atomic E-state index is 0. The van der Waals surface area contributed by atoms with Gasteiger partial charge in [0.1, 0.15) is 5.75 Å². The Morgan fingerprint density at radius 2 is 1.89 bits per heavy atom. The number of nitrogens with one attached hydrogen (secondary N) is 1. The van der Waals surface area contributed by atoms with Gasteiger partial charge in [-0.1, -0.05) is 32.0 Å². The third kappa shape index (κ3) is 4.18.